The Bertz CT molecular complexity index is 335. The monoisotopic (exact) mass is 196 g/mol. The maximum absolute atomic E-state index is 11.6. The molecule has 1 heterocycles. The molecular formula is C9H12N2O3. The lowest BCUT2D eigenvalue weighted by Gasteiger charge is -2.35. The van der Waals surface area contributed by atoms with Gasteiger partial charge in [0.25, 0.3) is 11.8 Å². The molecule has 14 heavy (non-hydrogen) atoms. The topological polar surface area (TPSA) is 57.7 Å². The molecule has 1 atom stereocenters. The summed E-state index contributed by atoms with van der Waals surface area (Å²) in [5, 5.41) is 0. The summed E-state index contributed by atoms with van der Waals surface area (Å²) in [5.74, 6) is -1.29. The molecule has 0 N–H and O–H groups in total. The number of carbonyl (C=O) groups excluding carboxylic acids is 3. The van der Waals surface area contributed by atoms with Gasteiger partial charge in [0.2, 0.25) is 5.91 Å². The summed E-state index contributed by atoms with van der Waals surface area (Å²) in [7, 11) is 1.51. The first-order valence-electron chi connectivity index (χ1n) is 4.18. The molecule has 0 aliphatic carbocycles. The molecule has 5 heteroatoms. The SMILES string of the molecule is C=C1C(=O)N(C)[C@@H](C)C(=O)N1C(C)=O. The Morgan fingerprint density at radius 2 is 1.93 bits per heavy atom. The van der Waals surface area contributed by atoms with E-state index in [4.69, 9.17) is 0 Å². The summed E-state index contributed by atoms with van der Waals surface area (Å²) < 4.78 is 0. The van der Waals surface area contributed by atoms with Crippen LogP contribution in [0.15, 0.2) is 12.3 Å². The Hall–Kier alpha value is -1.65. The molecule has 1 aliphatic rings. The Kier molecular flexibility index (Phi) is 2.42. The number of amides is 3. The summed E-state index contributed by atoms with van der Waals surface area (Å²) in [5.41, 5.74) is -0.0805. The highest BCUT2D eigenvalue weighted by Crippen LogP contribution is 2.18. The highest BCUT2D eigenvalue weighted by molar-refractivity contribution is 6.11. The second kappa shape index (κ2) is 3.25. The van der Waals surface area contributed by atoms with Crippen molar-refractivity contribution in [3.8, 4) is 0 Å². The van der Waals surface area contributed by atoms with Crippen LogP contribution < -0.4 is 0 Å². The minimum Gasteiger partial charge on any atom is -0.329 e. The molecule has 1 rings (SSSR count). The molecule has 5 nitrogen and oxygen atoms in total. The summed E-state index contributed by atoms with van der Waals surface area (Å²) in [6.07, 6.45) is 0. The zero-order valence-corrected chi connectivity index (χ0v) is 8.40. The summed E-state index contributed by atoms with van der Waals surface area (Å²) in [4.78, 5) is 36.2. The van der Waals surface area contributed by atoms with E-state index in [0.29, 0.717) is 0 Å². The van der Waals surface area contributed by atoms with Gasteiger partial charge >= 0.3 is 0 Å². The minimum atomic E-state index is -0.614. The van der Waals surface area contributed by atoms with Gasteiger partial charge in [-0.25, -0.2) is 4.90 Å². The van der Waals surface area contributed by atoms with E-state index in [-0.39, 0.29) is 5.70 Å². The van der Waals surface area contributed by atoms with Crippen LogP contribution in [-0.2, 0) is 14.4 Å². The molecule has 3 amide bonds. The van der Waals surface area contributed by atoms with E-state index < -0.39 is 23.8 Å². The second-order valence-electron chi connectivity index (χ2n) is 3.23. The lowest BCUT2D eigenvalue weighted by atomic mass is 10.1. The maximum Gasteiger partial charge on any atom is 0.270 e. The number of rotatable bonds is 0. The van der Waals surface area contributed by atoms with Crippen molar-refractivity contribution in [1.29, 1.82) is 0 Å². The van der Waals surface area contributed by atoms with Crippen molar-refractivity contribution < 1.29 is 14.4 Å². The lowest BCUT2D eigenvalue weighted by Crippen LogP contribution is -2.56. The van der Waals surface area contributed by atoms with Crippen molar-refractivity contribution in [3.63, 3.8) is 0 Å². The van der Waals surface area contributed by atoms with Crippen LogP contribution in [0.5, 0.6) is 0 Å². The van der Waals surface area contributed by atoms with Crippen LogP contribution in [0.25, 0.3) is 0 Å². The number of piperazine rings is 1. The van der Waals surface area contributed by atoms with E-state index in [9.17, 15) is 14.4 Å². The first-order chi connectivity index (χ1) is 6.37. The molecule has 0 radical (unpaired) electrons. The summed E-state index contributed by atoms with van der Waals surface area (Å²) in [6, 6.07) is -0.614. The van der Waals surface area contributed by atoms with Gasteiger partial charge in [0, 0.05) is 14.0 Å². The largest absolute Gasteiger partial charge is 0.329 e. The van der Waals surface area contributed by atoms with Crippen LogP contribution in [0.1, 0.15) is 13.8 Å². The van der Waals surface area contributed by atoms with Crippen molar-refractivity contribution in [2.45, 2.75) is 19.9 Å². The van der Waals surface area contributed by atoms with Crippen molar-refractivity contribution in [1.82, 2.24) is 9.80 Å². The molecule has 76 valence electrons. The molecule has 0 spiro atoms. The molecular weight excluding hydrogens is 184 g/mol. The summed E-state index contributed by atoms with van der Waals surface area (Å²) >= 11 is 0. The third-order valence-electron chi connectivity index (χ3n) is 2.31. The quantitative estimate of drug-likeness (QED) is 0.501. The number of carbonyl (C=O) groups is 3. The molecule has 0 bridgehead atoms. The van der Waals surface area contributed by atoms with Gasteiger partial charge in [0.05, 0.1) is 0 Å². The molecule has 0 aromatic rings. The molecule has 0 aromatic heterocycles. The van der Waals surface area contributed by atoms with E-state index in [2.05, 4.69) is 6.58 Å². The number of nitrogens with zero attached hydrogens (tertiary/aromatic N) is 2. The Morgan fingerprint density at radius 3 is 2.36 bits per heavy atom. The molecule has 1 fully saturated rings. The zero-order valence-electron chi connectivity index (χ0n) is 8.40. The second-order valence-corrected chi connectivity index (χ2v) is 3.23. The molecule has 0 unspecified atom stereocenters. The third kappa shape index (κ3) is 1.30. The van der Waals surface area contributed by atoms with Crippen LogP contribution in [0, 0.1) is 0 Å². The van der Waals surface area contributed by atoms with Gasteiger partial charge in [-0.15, -0.1) is 0 Å². The fourth-order valence-corrected chi connectivity index (χ4v) is 1.31. The van der Waals surface area contributed by atoms with Crippen molar-refractivity contribution in [2.24, 2.45) is 0 Å². The fraction of sp³-hybridized carbons (Fsp3) is 0.444. The number of hydrogen-bond acceptors (Lipinski definition) is 3. The first kappa shape index (κ1) is 10.4. The highest BCUT2D eigenvalue weighted by atomic mass is 16.2. The van der Waals surface area contributed by atoms with E-state index in [1.165, 1.54) is 18.9 Å². The van der Waals surface area contributed by atoms with Gasteiger partial charge in [-0.3, -0.25) is 14.4 Å². The van der Waals surface area contributed by atoms with Crippen molar-refractivity contribution in [2.75, 3.05) is 7.05 Å². The third-order valence-corrected chi connectivity index (χ3v) is 2.31. The fourth-order valence-electron chi connectivity index (χ4n) is 1.31. The molecule has 0 aromatic carbocycles. The smallest absolute Gasteiger partial charge is 0.270 e. The van der Waals surface area contributed by atoms with Gasteiger partial charge < -0.3 is 4.90 Å². The van der Waals surface area contributed by atoms with Crippen LogP contribution >= 0.6 is 0 Å². The van der Waals surface area contributed by atoms with Gasteiger partial charge in [0.15, 0.2) is 0 Å². The van der Waals surface area contributed by atoms with E-state index in [1.54, 1.807) is 6.92 Å². The van der Waals surface area contributed by atoms with E-state index in [1.807, 2.05) is 0 Å². The average Bonchev–Trinajstić information content (AvgIpc) is 2.11. The number of likely N-dealkylation sites (N-methyl/N-ethyl adjacent to an activating group) is 1. The van der Waals surface area contributed by atoms with Crippen molar-refractivity contribution in [3.05, 3.63) is 12.3 Å². The molecule has 1 saturated heterocycles. The average molecular weight is 196 g/mol. The van der Waals surface area contributed by atoms with Crippen molar-refractivity contribution >= 4 is 17.7 Å². The number of imide groups is 1. The maximum atomic E-state index is 11.6. The minimum absolute atomic E-state index is 0.0805. The molecule has 0 saturated carbocycles. The zero-order chi connectivity index (χ0) is 11.0. The van der Waals surface area contributed by atoms with Gasteiger partial charge in [0.1, 0.15) is 11.7 Å². The first-order valence-corrected chi connectivity index (χ1v) is 4.18. The predicted octanol–water partition coefficient (Wildman–Crippen LogP) is -0.264. The Labute approximate surface area is 82.0 Å². The molecule has 1 aliphatic heterocycles. The Balaban J connectivity index is 3.11. The van der Waals surface area contributed by atoms with Gasteiger partial charge in [-0.05, 0) is 6.92 Å². The predicted molar refractivity (Wildman–Crippen MR) is 48.9 cm³/mol. The normalized spacial score (nSPS) is 23.1. The van der Waals surface area contributed by atoms with Crippen LogP contribution in [0.2, 0.25) is 0 Å². The summed E-state index contributed by atoms with van der Waals surface area (Å²) in [6.45, 7) is 6.23. The van der Waals surface area contributed by atoms with Gasteiger partial charge in [-0.1, -0.05) is 6.58 Å². The standard InChI is InChI=1S/C9H12N2O3/c1-5-9(14)11(7(3)12)6(2)8(13)10(5)4/h5H,2H2,1,3-4H3/t5-/m0/s1. The Morgan fingerprint density at radius 1 is 1.43 bits per heavy atom. The highest BCUT2D eigenvalue weighted by Gasteiger charge is 2.39. The van der Waals surface area contributed by atoms with Crippen LogP contribution in [0.4, 0.5) is 0 Å². The number of hydrogen-bond donors (Lipinski definition) is 0. The lowest BCUT2D eigenvalue weighted by molar-refractivity contribution is -0.154. The van der Waals surface area contributed by atoms with Crippen LogP contribution in [0.3, 0.4) is 0 Å². The van der Waals surface area contributed by atoms with E-state index >= 15 is 0 Å². The van der Waals surface area contributed by atoms with Gasteiger partial charge in [-0.2, -0.15) is 0 Å². The van der Waals surface area contributed by atoms with Crippen LogP contribution in [-0.4, -0.2) is 40.6 Å². The van der Waals surface area contributed by atoms with E-state index in [0.717, 1.165) is 4.90 Å².